The molecule has 0 aliphatic rings. The molecule has 0 spiro atoms. The number of rotatable bonds is 3. The summed E-state index contributed by atoms with van der Waals surface area (Å²) in [4.78, 5) is 14.4. The first-order chi connectivity index (χ1) is 5.34. The summed E-state index contributed by atoms with van der Waals surface area (Å²) in [5, 5.41) is 0. The van der Waals surface area contributed by atoms with Crippen molar-refractivity contribution in [2.24, 2.45) is 0 Å². The third-order valence-corrected chi connectivity index (χ3v) is 0.991. The summed E-state index contributed by atoms with van der Waals surface area (Å²) in [6, 6.07) is 0. The second-order valence-electron chi connectivity index (χ2n) is 1.85. The molecule has 4 heteroatoms. The van der Waals surface area contributed by atoms with Gasteiger partial charge in [-0.15, -0.1) is 0 Å². The van der Waals surface area contributed by atoms with Crippen LogP contribution in [0.2, 0.25) is 0 Å². The molecule has 1 aromatic rings. The van der Waals surface area contributed by atoms with Gasteiger partial charge in [0.25, 0.3) is 0 Å². The fourth-order valence-electron chi connectivity index (χ4n) is 0.534. The van der Waals surface area contributed by atoms with Gasteiger partial charge in [-0.05, 0) is 6.42 Å². The van der Waals surface area contributed by atoms with E-state index in [1.807, 2.05) is 6.92 Å². The number of ether oxygens (including phenoxy) is 1. The Morgan fingerprint density at radius 2 is 2.73 bits per heavy atom. The van der Waals surface area contributed by atoms with E-state index in [0.717, 1.165) is 0 Å². The molecule has 0 atom stereocenters. The Hall–Kier alpha value is -1.32. The molecule has 59 valence electrons. The summed E-state index contributed by atoms with van der Waals surface area (Å²) >= 11 is 0. The highest BCUT2D eigenvalue weighted by atomic mass is 16.5. The maximum Gasteiger partial charge on any atom is 0.376 e. The third-order valence-electron chi connectivity index (χ3n) is 0.991. The van der Waals surface area contributed by atoms with Crippen molar-refractivity contribution in [3.8, 4) is 0 Å². The van der Waals surface area contributed by atoms with Gasteiger partial charge in [-0.2, -0.15) is 0 Å². The lowest BCUT2D eigenvalue weighted by atomic mass is 10.5. The van der Waals surface area contributed by atoms with E-state index in [0.29, 0.717) is 6.42 Å². The minimum Gasteiger partial charge on any atom is -0.453 e. The molecular weight excluding hydrogens is 146 g/mol. The van der Waals surface area contributed by atoms with E-state index < -0.39 is 5.97 Å². The molecule has 0 amide bonds. The summed E-state index contributed by atoms with van der Waals surface area (Å²) in [5.74, 6) is -0.390. The molecule has 1 rings (SSSR count). The quantitative estimate of drug-likeness (QED) is 0.617. The normalized spacial score (nSPS) is 9.55. The summed E-state index contributed by atoms with van der Waals surface area (Å²) in [6.07, 6.45) is 3.17. The number of carbonyl (C=O) groups excluding carboxylic acids is 1. The Labute approximate surface area is 64.2 Å². The van der Waals surface area contributed by atoms with Crippen molar-refractivity contribution >= 4 is 5.97 Å². The van der Waals surface area contributed by atoms with E-state index in [4.69, 9.17) is 0 Å². The van der Waals surface area contributed by atoms with Gasteiger partial charge < -0.3 is 9.15 Å². The third kappa shape index (κ3) is 2.07. The molecule has 1 radical (unpaired) electrons. The summed E-state index contributed by atoms with van der Waals surface area (Å²) in [5.41, 5.74) is 0. The number of aromatic nitrogens is 1. The van der Waals surface area contributed by atoms with Gasteiger partial charge in [0.15, 0.2) is 6.39 Å². The van der Waals surface area contributed by atoms with Gasteiger partial charge in [0.05, 0.1) is 6.20 Å². The standard InChI is InChI=1S/C7H8NO3/c1-2-3-10-7(9)6-4-8-5-11-6/h3-5H,2H2,1H3. The fourth-order valence-corrected chi connectivity index (χ4v) is 0.534. The Morgan fingerprint density at radius 3 is 3.27 bits per heavy atom. The molecule has 0 unspecified atom stereocenters. The number of esters is 1. The molecule has 0 aliphatic heterocycles. The van der Waals surface area contributed by atoms with Crippen LogP contribution in [0.5, 0.6) is 0 Å². The molecule has 0 saturated carbocycles. The van der Waals surface area contributed by atoms with Crippen molar-refractivity contribution < 1.29 is 13.9 Å². The summed E-state index contributed by atoms with van der Waals surface area (Å²) in [7, 11) is 0. The van der Waals surface area contributed by atoms with Gasteiger partial charge in [-0.1, -0.05) is 6.92 Å². The van der Waals surface area contributed by atoms with Crippen LogP contribution < -0.4 is 0 Å². The highest BCUT2D eigenvalue weighted by Gasteiger charge is 2.09. The maximum atomic E-state index is 10.9. The SMILES string of the molecule is CC[CH]OC(=O)c1cnco1. The molecule has 4 nitrogen and oxygen atoms in total. The van der Waals surface area contributed by atoms with Gasteiger partial charge in [0.2, 0.25) is 5.76 Å². The molecular formula is C7H8NO3. The zero-order valence-corrected chi connectivity index (χ0v) is 6.11. The molecule has 0 N–H and O–H groups in total. The van der Waals surface area contributed by atoms with E-state index >= 15 is 0 Å². The Bertz CT molecular complexity index is 218. The van der Waals surface area contributed by atoms with Crippen LogP contribution >= 0.6 is 0 Å². The average Bonchev–Trinajstić information content (AvgIpc) is 2.52. The lowest BCUT2D eigenvalue weighted by Gasteiger charge is -1.96. The molecule has 1 heterocycles. The molecule has 0 saturated heterocycles. The van der Waals surface area contributed by atoms with E-state index in [1.165, 1.54) is 19.2 Å². The first-order valence-corrected chi connectivity index (χ1v) is 3.25. The van der Waals surface area contributed by atoms with Crippen molar-refractivity contribution in [2.45, 2.75) is 13.3 Å². The second-order valence-corrected chi connectivity index (χ2v) is 1.85. The molecule has 0 fully saturated rings. The zero-order valence-electron chi connectivity index (χ0n) is 6.11. The second kappa shape index (κ2) is 3.75. The van der Waals surface area contributed by atoms with Crippen LogP contribution in [0.3, 0.4) is 0 Å². The first-order valence-electron chi connectivity index (χ1n) is 3.25. The number of hydrogen-bond donors (Lipinski definition) is 0. The van der Waals surface area contributed by atoms with E-state index in [2.05, 4.69) is 14.1 Å². The number of hydrogen-bond acceptors (Lipinski definition) is 4. The molecule has 0 bridgehead atoms. The van der Waals surface area contributed by atoms with Gasteiger partial charge >= 0.3 is 5.97 Å². The van der Waals surface area contributed by atoms with E-state index in [1.54, 1.807) is 0 Å². The Morgan fingerprint density at radius 1 is 1.91 bits per heavy atom. The maximum absolute atomic E-state index is 10.9. The minimum absolute atomic E-state index is 0.120. The van der Waals surface area contributed by atoms with Crippen molar-refractivity contribution in [2.75, 3.05) is 0 Å². The lowest BCUT2D eigenvalue weighted by Crippen LogP contribution is -2.00. The summed E-state index contributed by atoms with van der Waals surface area (Å²) in [6.45, 7) is 3.28. The smallest absolute Gasteiger partial charge is 0.376 e. The van der Waals surface area contributed by atoms with Gasteiger partial charge in [-0.25, -0.2) is 9.78 Å². The number of oxazole rings is 1. The van der Waals surface area contributed by atoms with Gasteiger partial charge in [0.1, 0.15) is 6.61 Å². The van der Waals surface area contributed by atoms with E-state index in [9.17, 15) is 4.79 Å². The van der Waals surface area contributed by atoms with Crippen LogP contribution in [0.4, 0.5) is 0 Å². The van der Waals surface area contributed by atoms with E-state index in [-0.39, 0.29) is 5.76 Å². The molecule has 0 aromatic carbocycles. The Kier molecular flexibility index (Phi) is 2.66. The van der Waals surface area contributed by atoms with Crippen LogP contribution in [0.25, 0.3) is 0 Å². The topological polar surface area (TPSA) is 52.3 Å². The van der Waals surface area contributed by atoms with Crippen molar-refractivity contribution in [3.05, 3.63) is 25.0 Å². The number of nitrogens with zero attached hydrogens (tertiary/aromatic N) is 1. The van der Waals surface area contributed by atoms with Gasteiger partial charge in [0, 0.05) is 0 Å². The molecule has 11 heavy (non-hydrogen) atoms. The zero-order chi connectivity index (χ0) is 8.10. The van der Waals surface area contributed by atoms with Crippen LogP contribution in [0.1, 0.15) is 23.9 Å². The molecule has 0 aliphatic carbocycles. The monoisotopic (exact) mass is 154 g/mol. The van der Waals surface area contributed by atoms with Crippen molar-refractivity contribution in [1.82, 2.24) is 4.98 Å². The van der Waals surface area contributed by atoms with Crippen LogP contribution in [0.15, 0.2) is 17.0 Å². The van der Waals surface area contributed by atoms with Crippen LogP contribution in [-0.4, -0.2) is 11.0 Å². The number of carbonyl (C=O) groups is 1. The minimum atomic E-state index is -0.510. The largest absolute Gasteiger partial charge is 0.453 e. The summed E-state index contributed by atoms with van der Waals surface area (Å²) < 4.78 is 9.32. The average molecular weight is 154 g/mol. The van der Waals surface area contributed by atoms with Gasteiger partial charge in [-0.3, -0.25) is 0 Å². The predicted molar refractivity (Wildman–Crippen MR) is 36.5 cm³/mol. The Balaban J connectivity index is 2.43. The predicted octanol–water partition coefficient (Wildman–Crippen LogP) is 1.40. The highest BCUT2D eigenvalue weighted by Crippen LogP contribution is 2.01. The van der Waals surface area contributed by atoms with Crippen LogP contribution in [-0.2, 0) is 4.74 Å². The van der Waals surface area contributed by atoms with Crippen molar-refractivity contribution in [3.63, 3.8) is 0 Å². The molecule has 1 aromatic heterocycles. The van der Waals surface area contributed by atoms with Crippen molar-refractivity contribution in [1.29, 1.82) is 0 Å². The highest BCUT2D eigenvalue weighted by molar-refractivity contribution is 5.86. The van der Waals surface area contributed by atoms with Crippen LogP contribution in [0, 0.1) is 6.61 Å². The lowest BCUT2D eigenvalue weighted by molar-refractivity contribution is 0.0566. The first kappa shape index (κ1) is 7.78. The fraction of sp³-hybridized carbons (Fsp3) is 0.286.